The number of halogens is 2. The lowest BCUT2D eigenvalue weighted by molar-refractivity contribution is -0.122. The first-order valence-electron chi connectivity index (χ1n) is 9.37. The van der Waals surface area contributed by atoms with Crippen LogP contribution in [0, 0.1) is 0 Å². The van der Waals surface area contributed by atoms with Crippen LogP contribution in [0.15, 0.2) is 71.6 Å². The third-order valence-corrected chi connectivity index (χ3v) is 6.28. The summed E-state index contributed by atoms with van der Waals surface area (Å²) in [6, 6.07) is 17.0. The summed E-state index contributed by atoms with van der Waals surface area (Å²) in [5, 5.41) is 3.26. The van der Waals surface area contributed by atoms with Gasteiger partial charge in [-0.1, -0.05) is 23.2 Å². The molecule has 0 aliphatic heterocycles. The van der Waals surface area contributed by atoms with Crippen molar-refractivity contribution in [1.82, 2.24) is 0 Å². The van der Waals surface area contributed by atoms with E-state index >= 15 is 0 Å². The van der Waals surface area contributed by atoms with Gasteiger partial charge in [0, 0.05) is 10.7 Å². The fourth-order valence-electron chi connectivity index (χ4n) is 2.65. The van der Waals surface area contributed by atoms with Crippen LogP contribution in [0.5, 0.6) is 11.5 Å². The molecule has 0 radical (unpaired) electrons. The molecule has 0 aromatic heterocycles. The average molecular weight is 495 g/mol. The van der Waals surface area contributed by atoms with Gasteiger partial charge in [0.1, 0.15) is 11.5 Å². The number of benzene rings is 3. The second-order valence-electron chi connectivity index (χ2n) is 6.68. The van der Waals surface area contributed by atoms with Gasteiger partial charge in [0.25, 0.3) is 15.9 Å². The number of methoxy groups -OCH3 is 1. The van der Waals surface area contributed by atoms with Crippen molar-refractivity contribution in [1.29, 1.82) is 0 Å². The highest BCUT2D eigenvalue weighted by Crippen LogP contribution is 2.28. The van der Waals surface area contributed by atoms with Crippen LogP contribution in [-0.4, -0.2) is 27.5 Å². The predicted molar refractivity (Wildman–Crippen MR) is 125 cm³/mol. The molecule has 1 atom stereocenters. The lowest BCUT2D eigenvalue weighted by Gasteiger charge is -2.15. The van der Waals surface area contributed by atoms with E-state index in [9.17, 15) is 13.2 Å². The number of carbonyl (C=O) groups is 1. The third-order valence-electron chi connectivity index (χ3n) is 4.35. The zero-order valence-corrected chi connectivity index (χ0v) is 19.5. The molecule has 10 heteroatoms. The summed E-state index contributed by atoms with van der Waals surface area (Å²) in [6.07, 6.45) is -0.777. The Hall–Kier alpha value is -2.94. The minimum atomic E-state index is -3.88. The highest BCUT2D eigenvalue weighted by molar-refractivity contribution is 7.92. The Labute approximate surface area is 196 Å². The molecule has 0 bridgehead atoms. The zero-order chi connectivity index (χ0) is 23.3. The van der Waals surface area contributed by atoms with Gasteiger partial charge in [-0.15, -0.1) is 0 Å². The largest absolute Gasteiger partial charge is 0.497 e. The standard InChI is InChI=1S/C22H20Cl2N2O5S/c1-14(31-18-8-6-17(30-2)7-9-18)22(27)25-16-4-10-19(11-5-16)32(28,29)26-21-12-3-15(23)13-20(21)24/h3-14,26H,1-2H3,(H,25,27)/t14-/m0/s1. The number of hydrogen-bond donors (Lipinski definition) is 2. The number of ether oxygens (including phenoxy) is 2. The quantitative estimate of drug-likeness (QED) is 0.448. The number of hydrogen-bond acceptors (Lipinski definition) is 5. The molecule has 2 N–H and O–H groups in total. The van der Waals surface area contributed by atoms with E-state index in [0.717, 1.165) is 0 Å². The van der Waals surface area contributed by atoms with Crippen LogP contribution < -0.4 is 19.5 Å². The number of amides is 1. The van der Waals surface area contributed by atoms with Crippen molar-refractivity contribution >= 4 is 50.5 Å². The number of nitrogens with one attached hydrogen (secondary N) is 2. The molecular weight excluding hydrogens is 475 g/mol. The molecule has 168 valence electrons. The van der Waals surface area contributed by atoms with Gasteiger partial charge in [0.2, 0.25) is 0 Å². The van der Waals surface area contributed by atoms with Crippen LogP contribution in [0.3, 0.4) is 0 Å². The summed E-state index contributed by atoms with van der Waals surface area (Å²) in [5.41, 5.74) is 0.626. The fourth-order valence-corrected chi connectivity index (χ4v) is 4.24. The monoisotopic (exact) mass is 494 g/mol. The smallest absolute Gasteiger partial charge is 0.265 e. The van der Waals surface area contributed by atoms with Gasteiger partial charge >= 0.3 is 0 Å². The second-order valence-corrected chi connectivity index (χ2v) is 9.20. The van der Waals surface area contributed by atoms with Gasteiger partial charge in [0.05, 0.1) is 22.7 Å². The van der Waals surface area contributed by atoms with Gasteiger partial charge in [-0.3, -0.25) is 9.52 Å². The predicted octanol–water partition coefficient (Wildman–Crippen LogP) is 5.21. The number of anilines is 2. The molecule has 3 aromatic rings. The highest BCUT2D eigenvalue weighted by atomic mass is 35.5. The first kappa shape index (κ1) is 23.7. The van der Waals surface area contributed by atoms with E-state index in [1.807, 2.05) is 0 Å². The first-order valence-corrected chi connectivity index (χ1v) is 11.6. The van der Waals surface area contributed by atoms with Gasteiger partial charge in [-0.2, -0.15) is 0 Å². The van der Waals surface area contributed by atoms with E-state index in [1.54, 1.807) is 38.3 Å². The molecule has 0 saturated heterocycles. The number of sulfonamides is 1. The summed E-state index contributed by atoms with van der Waals surface area (Å²) < 4.78 is 38.3. The van der Waals surface area contributed by atoms with E-state index in [1.165, 1.54) is 42.5 Å². The van der Waals surface area contributed by atoms with E-state index in [-0.39, 0.29) is 21.5 Å². The van der Waals surface area contributed by atoms with Crippen LogP contribution in [-0.2, 0) is 14.8 Å². The summed E-state index contributed by atoms with van der Waals surface area (Å²) in [4.78, 5) is 12.4. The Bertz CT molecular complexity index is 1200. The highest BCUT2D eigenvalue weighted by Gasteiger charge is 2.18. The minimum Gasteiger partial charge on any atom is -0.497 e. The maximum absolute atomic E-state index is 12.6. The number of carbonyl (C=O) groups excluding carboxylic acids is 1. The van der Waals surface area contributed by atoms with Crippen LogP contribution in [0.25, 0.3) is 0 Å². The minimum absolute atomic E-state index is 0.00375. The average Bonchev–Trinajstić information content (AvgIpc) is 2.76. The van der Waals surface area contributed by atoms with Crippen molar-refractivity contribution in [2.24, 2.45) is 0 Å². The normalized spacial score (nSPS) is 12.0. The van der Waals surface area contributed by atoms with Crippen molar-refractivity contribution in [3.05, 3.63) is 76.8 Å². The van der Waals surface area contributed by atoms with Crippen LogP contribution >= 0.6 is 23.2 Å². The molecule has 0 aliphatic carbocycles. The molecule has 0 unspecified atom stereocenters. The van der Waals surface area contributed by atoms with Crippen LogP contribution in [0.1, 0.15) is 6.92 Å². The summed E-state index contributed by atoms with van der Waals surface area (Å²) in [7, 11) is -2.32. The lowest BCUT2D eigenvalue weighted by atomic mass is 10.3. The Morgan fingerprint density at radius 1 is 0.938 bits per heavy atom. The number of rotatable bonds is 8. The van der Waals surface area contributed by atoms with Crippen LogP contribution in [0.2, 0.25) is 10.0 Å². The van der Waals surface area contributed by atoms with Gasteiger partial charge in [-0.25, -0.2) is 8.42 Å². The van der Waals surface area contributed by atoms with Gasteiger partial charge < -0.3 is 14.8 Å². The molecule has 1 amide bonds. The van der Waals surface area contributed by atoms with E-state index in [0.29, 0.717) is 22.2 Å². The second kappa shape index (κ2) is 10.1. The summed E-state index contributed by atoms with van der Waals surface area (Å²) >= 11 is 11.9. The summed E-state index contributed by atoms with van der Waals surface area (Å²) in [5.74, 6) is 0.807. The van der Waals surface area contributed by atoms with E-state index in [2.05, 4.69) is 10.0 Å². The Morgan fingerprint density at radius 2 is 1.56 bits per heavy atom. The maximum Gasteiger partial charge on any atom is 0.265 e. The molecule has 3 aromatic carbocycles. The van der Waals surface area contributed by atoms with Crippen molar-refractivity contribution in [3.8, 4) is 11.5 Å². The SMILES string of the molecule is COc1ccc(O[C@@H](C)C(=O)Nc2ccc(S(=O)(=O)Nc3ccc(Cl)cc3Cl)cc2)cc1. The molecule has 0 fully saturated rings. The molecule has 0 heterocycles. The van der Waals surface area contributed by atoms with Crippen molar-refractivity contribution in [2.75, 3.05) is 17.1 Å². The summed E-state index contributed by atoms with van der Waals surface area (Å²) in [6.45, 7) is 1.61. The van der Waals surface area contributed by atoms with Gasteiger partial charge in [0.15, 0.2) is 6.10 Å². The van der Waals surface area contributed by atoms with Crippen molar-refractivity contribution < 1.29 is 22.7 Å². The van der Waals surface area contributed by atoms with Gasteiger partial charge in [-0.05, 0) is 73.7 Å². The molecule has 0 aliphatic rings. The lowest BCUT2D eigenvalue weighted by Crippen LogP contribution is -2.30. The van der Waals surface area contributed by atoms with Crippen molar-refractivity contribution in [2.45, 2.75) is 17.9 Å². The molecule has 0 saturated carbocycles. The molecular formula is C22H20Cl2N2O5S. The van der Waals surface area contributed by atoms with Crippen LogP contribution in [0.4, 0.5) is 11.4 Å². The Kier molecular flexibility index (Phi) is 7.50. The van der Waals surface area contributed by atoms with E-state index < -0.39 is 16.1 Å². The topological polar surface area (TPSA) is 93.7 Å². The Balaban J connectivity index is 1.63. The molecule has 32 heavy (non-hydrogen) atoms. The molecule has 7 nitrogen and oxygen atoms in total. The zero-order valence-electron chi connectivity index (χ0n) is 17.1. The molecule has 0 spiro atoms. The fraction of sp³-hybridized carbons (Fsp3) is 0.136. The third kappa shape index (κ3) is 6.06. The van der Waals surface area contributed by atoms with E-state index in [4.69, 9.17) is 32.7 Å². The first-order chi connectivity index (χ1) is 15.2. The Morgan fingerprint density at radius 3 is 2.16 bits per heavy atom. The van der Waals surface area contributed by atoms with Crippen molar-refractivity contribution in [3.63, 3.8) is 0 Å². The maximum atomic E-state index is 12.6. The molecule has 3 rings (SSSR count).